The number of halogens is 1. The van der Waals surface area contributed by atoms with Crippen LogP contribution in [-0.2, 0) is 10.0 Å². The van der Waals surface area contributed by atoms with Gasteiger partial charge in [-0.3, -0.25) is 9.89 Å². The number of thiazole rings is 1. The van der Waals surface area contributed by atoms with Crippen LogP contribution >= 0.6 is 11.3 Å². The van der Waals surface area contributed by atoms with E-state index in [1.54, 1.807) is 19.2 Å². The van der Waals surface area contributed by atoms with Crippen LogP contribution in [0.5, 0.6) is 0 Å². The lowest BCUT2D eigenvalue weighted by molar-refractivity contribution is -0.145. The number of aliphatic imine (C=N–C) groups is 1. The zero-order valence-electron chi connectivity index (χ0n) is 22.4. The first-order valence-electron chi connectivity index (χ1n) is 13.5. The highest BCUT2D eigenvalue weighted by atomic mass is 32.2. The summed E-state index contributed by atoms with van der Waals surface area (Å²) in [6.07, 6.45) is 7.09. The van der Waals surface area contributed by atoms with Crippen LogP contribution in [0.25, 0.3) is 0 Å². The molecule has 8 rings (SSSR count). The summed E-state index contributed by atoms with van der Waals surface area (Å²) in [7, 11) is -3.27. The van der Waals surface area contributed by atoms with Gasteiger partial charge in [-0.2, -0.15) is 0 Å². The number of carbonyl (C=O) groups is 1. The molecule has 6 aliphatic rings. The maximum atomic E-state index is 14.4. The van der Waals surface area contributed by atoms with Crippen molar-refractivity contribution in [2.24, 2.45) is 4.99 Å². The largest absolute Gasteiger partial charge is 0.341 e. The van der Waals surface area contributed by atoms with Crippen LogP contribution in [0.3, 0.4) is 0 Å². The number of amides is 2. The van der Waals surface area contributed by atoms with Crippen molar-refractivity contribution in [3.05, 3.63) is 63.5 Å². The Morgan fingerprint density at radius 1 is 1.23 bits per heavy atom. The molecule has 2 amide bonds. The van der Waals surface area contributed by atoms with Crippen LogP contribution in [0.1, 0.15) is 41.4 Å². The minimum absolute atomic E-state index is 0.0761. The molecule has 1 aromatic carbocycles. The van der Waals surface area contributed by atoms with Crippen molar-refractivity contribution < 1.29 is 17.6 Å². The lowest BCUT2D eigenvalue weighted by atomic mass is 9.44. The maximum Gasteiger partial charge on any atom is 0.320 e. The molecule has 212 valence electrons. The van der Waals surface area contributed by atoms with Crippen molar-refractivity contribution in [1.82, 2.24) is 29.7 Å². The number of nitrogens with zero attached hydrogens (tertiary/aromatic N) is 5. The summed E-state index contributed by atoms with van der Waals surface area (Å²) in [5.41, 5.74) is 1.83. The molecule has 3 aliphatic heterocycles. The summed E-state index contributed by atoms with van der Waals surface area (Å²) < 4.78 is 40.7. The van der Waals surface area contributed by atoms with Crippen LogP contribution in [0.4, 0.5) is 9.18 Å². The van der Waals surface area contributed by atoms with E-state index in [9.17, 15) is 17.6 Å². The average molecular weight is 586 g/mol. The number of carbonyl (C=O) groups excluding carboxylic acids is 1. The SMILES string of the molecule is Cc1c(F)cccc1[C@@H]1C=C(CN2CCN3C(=O)N(C45CC(NS(C)(=O)=O)(C4)C5)C[C@@H]3C2)NC(c2nccs2)=N1. The molecule has 2 atom stereocenters. The van der Waals surface area contributed by atoms with Crippen LogP contribution in [-0.4, -0.2) is 96.1 Å². The molecule has 0 spiro atoms. The summed E-state index contributed by atoms with van der Waals surface area (Å²) in [4.78, 5) is 29.0. The average Bonchev–Trinajstić information content (AvgIpc) is 3.50. The Morgan fingerprint density at radius 2 is 2.02 bits per heavy atom. The molecule has 2 aromatic rings. The van der Waals surface area contributed by atoms with Gasteiger partial charge < -0.3 is 15.1 Å². The molecule has 3 aliphatic carbocycles. The number of benzene rings is 1. The van der Waals surface area contributed by atoms with Gasteiger partial charge >= 0.3 is 6.03 Å². The molecule has 2 saturated heterocycles. The second-order valence-corrected chi connectivity index (χ2v) is 14.6. The highest BCUT2D eigenvalue weighted by Gasteiger charge is 2.73. The van der Waals surface area contributed by atoms with Gasteiger partial charge in [0.15, 0.2) is 10.8 Å². The lowest BCUT2D eigenvalue weighted by Crippen LogP contribution is -2.83. The van der Waals surface area contributed by atoms with Crippen molar-refractivity contribution in [1.29, 1.82) is 0 Å². The second kappa shape index (κ2) is 9.07. The fraction of sp³-hybridized carbons (Fsp3) is 0.519. The first kappa shape index (κ1) is 26.1. The van der Waals surface area contributed by atoms with Crippen molar-refractivity contribution in [2.75, 3.05) is 39.0 Å². The Hall–Kier alpha value is -2.87. The first-order valence-corrected chi connectivity index (χ1v) is 16.3. The van der Waals surface area contributed by atoms with E-state index in [1.165, 1.54) is 23.7 Å². The number of piperazine rings is 1. The molecular weight excluding hydrogens is 553 g/mol. The molecule has 4 heterocycles. The fourth-order valence-electron chi connectivity index (χ4n) is 7.31. The Bertz CT molecular complexity index is 1520. The predicted octanol–water partition coefficient (Wildman–Crippen LogP) is 2.21. The third-order valence-corrected chi connectivity index (χ3v) is 10.6. The number of fused-ring (bicyclic) bond motifs is 1. The third kappa shape index (κ3) is 4.34. The van der Waals surface area contributed by atoms with E-state index in [1.807, 2.05) is 21.2 Å². The van der Waals surface area contributed by atoms with E-state index in [4.69, 9.17) is 4.99 Å². The number of nitrogens with one attached hydrogen (secondary N) is 2. The van der Waals surface area contributed by atoms with Crippen LogP contribution in [0.2, 0.25) is 0 Å². The van der Waals surface area contributed by atoms with Gasteiger partial charge in [-0.15, -0.1) is 11.3 Å². The minimum Gasteiger partial charge on any atom is -0.341 e. The molecule has 3 saturated carbocycles. The van der Waals surface area contributed by atoms with E-state index in [0.717, 1.165) is 29.4 Å². The molecule has 0 unspecified atom stereocenters. The number of amidine groups is 1. The van der Waals surface area contributed by atoms with Gasteiger partial charge in [-0.05, 0) is 49.5 Å². The van der Waals surface area contributed by atoms with Crippen molar-refractivity contribution in [3.8, 4) is 0 Å². The predicted molar refractivity (Wildman–Crippen MR) is 150 cm³/mol. The Labute approximate surface area is 237 Å². The maximum absolute atomic E-state index is 14.4. The fourth-order valence-corrected chi connectivity index (χ4v) is 8.90. The molecule has 5 fully saturated rings. The van der Waals surface area contributed by atoms with Crippen molar-refractivity contribution >= 4 is 33.2 Å². The van der Waals surface area contributed by atoms with Gasteiger partial charge in [0.2, 0.25) is 10.0 Å². The topological polar surface area (TPSA) is 110 Å². The van der Waals surface area contributed by atoms with Gasteiger partial charge in [-0.25, -0.2) is 27.3 Å². The smallest absolute Gasteiger partial charge is 0.320 e. The molecule has 2 bridgehead atoms. The molecule has 1 aromatic heterocycles. The summed E-state index contributed by atoms with van der Waals surface area (Å²) in [6.45, 7) is 5.24. The molecule has 40 heavy (non-hydrogen) atoms. The second-order valence-electron chi connectivity index (χ2n) is 11.9. The molecular formula is C27H32FN7O3S2. The third-order valence-electron chi connectivity index (χ3n) is 8.98. The van der Waals surface area contributed by atoms with E-state index >= 15 is 0 Å². The zero-order chi connectivity index (χ0) is 27.9. The molecule has 2 N–H and O–H groups in total. The quantitative estimate of drug-likeness (QED) is 0.516. The molecule has 0 radical (unpaired) electrons. The van der Waals surface area contributed by atoms with Gasteiger partial charge in [-0.1, -0.05) is 12.1 Å². The number of hydrogen-bond donors (Lipinski definition) is 2. The molecule has 13 heteroatoms. The number of hydrogen-bond acceptors (Lipinski definition) is 8. The first-order chi connectivity index (χ1) is 19.0. The molecule has 10 nitrogen and oxygen atoms in total. The lowest BCUT2D eigenvalue weighted by Gasteiger charge is -2.72. The Kier molecular flexibility index (Phi) is 5.91. The normalized spacial score (nSPS) is 31.6. The van der Waals surface area contributed by atoms with Gasteiger partial charge in [0.05, 0.1) is 23.9 Å². The number of sulfonamides is 1. The summed E-state index contributed by atoms with van der Waals surface area (Å²) in [5.74, 6) is 0.438. The number of aromatic nitrogens is 1. The highest BCUT2D eigenvalue weighted by molar-refractivity contribution is 7.88. The number of rotatable bonds is 7. The summed E-state index contributed by atoms with van der Waals surface area (Å²) >= 11 is 1.50. The highest BCUT2D eigenvalue weighted by Crippen LogP contribution is 2.64. The Morgan fingerprint density at radius 3 is 2.75 bits per heavy atom. The van der Waals surface area contributed by atoms with E-state index in [2.05, 4.69) is 26.0 Å². The van der Waals surface area contributed by atoms with E-state index < -0.39 is 10.0 Å². The zero-order valence-corrected chi connectivity index (χ0v) is 24.1. The van der Waals surface area contributed by atoms with Gasteiger partial charge in [0, 0.05) is 55.5 Å². The van der Waals surface area contributed by atoms with Crippen molar-refractivity contribution in [3.63, 3.8) is 0 Å². The minimum atomic E-state index is -3.27. The summed E-state index contributed by atoms with van der Waals surface area (Å²) in [5, 5.41) is 6.16. The van der Waals surface area contributed by atoms with E-state index in [-0.39, 0.29) is 35.0 Å². The standard InChI is InChI=1S/C27H32FN7O3S2/c1-17-20(4-3-5-21(17)28)22-10-18(30-23(31-22)24-29-6-9-39-24)11-33-7-8-34-19(12-33)13-35(25(34)36)27-14-26(15-27,16-27)32-40(2,37)38/h3-6,9-10,19,22,32H,7-8,11-16H2,1-2H3,(H,30,31)/t19-,22-,26?,27?/m0/s1. The van der Waals surface area contributed by atoms with Gasteiger partial charge in [0.25, 0.3) is 0 Å². The van der Waals surface area contributed by atoms with E-state index in [0.29, 0.717) is 50.3 Å². The van der Waals surface area contributed by atoms with Gasteiger partial charge in [0.1, 0.15) is 5.82 Å². The van der Waals surface area contributed by atoms with Crippen molar-refractivity contribution in [2.45, 2.75) is 49.3 Å². The van der Waals surface area contributed by atoms with Crippen LogP contribution in [0.15, 0.2) is 46.5 Å². The van der Waals surface area contributed by atoms with Crippen LogP contribution < -0.4 is 10.0 Å². The van der Waals surface area contributed by atoms with Crippen LogP contribution in [0, 0.1) is 12.7 Å². The summed E-state index contributed by atoms with van der Waals surface area (Å²) in [6, 6.07) is 4.95. The monoisotopic (exact) mass is 585 g/mol. The Balaban J connectivity index is 1.05. The number of urea groups is 1.